The van der Waals surface area contributed by atoms with Gasteiger partial charge in [0, 0.05) is 32.9 Å². The van der Waals surface area contributed by atoms with Crippen molar-refractivity contribution in [3.8, 4) is 0 Å². The lowest BCUT2D eigenvalue weighted by Crippen LogP contribution is -2.26. The molecular formula is C17H22N4O2. The maximum atomic E-state index is 12.0. The Bertz CT molecular complexity index is 605. The third-order valence-corrected chi connectivity index (χ3v) is 3.27. The van der Waals surface area contributed by atoms with E-state index >= 15 is 0 Å². The lowest BCUT2D eigenvalue weighted by atomic mass is 10.1. The van der Waals surface area contributed by atoms with E-state index in [0.29, 0.717) is 24.7 Å². The number of hydrogen-bond acceptors (Lipinski definition) is 5. The SMILES string of the molecule is COCCCNC(=O)c1cc(NCCc2ccccc2)ncn1. The van der Waals surface area contributed by atoms with Gasteiger partial charge in [-0.1, -0.05) is 30.3 Å². The number of ether oxygens (including phenoxy) is 1. The number of benzene rings is 1. The summed E-state index contributed by atoms with van der Waals surface area (Å²) in [6.45, 7) is 1.93. The summed E-state index contributed by atoms with van der Waals surface area (Å²) in [5.41, 5.74) is 1.62. The number of anilines is 1. The van der Waals surface area contributed by atoms with E-state index in [0.717, 1.165) is 19.4 Å². The van der Waals surface area contributed by atoms with Crippen molar-refractivity contribution in [2.24, 2.45) is 0 Å². The van der Waals surface area contributed by atoms with Crippen LogP contribution in [0.1, 0.15) is 22.5 Å². The molecule has 122 valence electrons. The molecule has 23 heavy (non-hydrogen) atoms. The fourth-order valence-corrected chi connectivity index (χ4v) is 2.07. The van der Waals surface area contributed by atoms with E-state index in [1.807, 2.05) is 18.2 Å². The van der Waals surface area contributed by atoms with Gasteiger partial charge in [-0.3, -0.25) is 4.79 Å². The first-order chi connectivity index (χ1) is 11.3. The Morgan fingerprint density at radius 2 is 2.00 bits per heavy atom. The van der Waals surface area contributed by atoms with Crippen LogP contribution < -0.4 is 10.6 Å². The molecule has 0 saturated carbocycles. The molecule has 2 N–H and O–H groups in total. The van der Waals surface area contributed by atoms with Crippen molar-refractivity contribution in [3.63, 3.8) is 0 Å². The molecular weight excluding hydrogens is 292 g/mol. The first-order valence-corrected chi connectivity index (χ1v) is 7.66. The fraction of sp³-hybridized carbons (Fsp3) is 0.353. The maximum absolute atomic E-state index is 12.0. The van der Waals surface area contributed by atoms with Crippen molar-refractivity contribution in [2.45, 2.75) is 12.8 Å². The van der Waals surface area contributed by atoms with Crippen LogP contribution in [-0.2, 0) is 11.2 Å². The number of carbonyl (C=O) groups excluding carboxylic acids is 1. The van der Waals surface area contributed by atoms with Crippen molar-refractivity contribution >= 4 is 11.7 Å². The highest BCUT2D eigenvalue weighted by Gasteiger charge is 2.07. The van der Waals surface area contributed by atoms with E-state index in [-0.39, 0.29) is 5.91 Å². The van der Waals surface area contributed by atoms with Crippen LogP contribution in [0.4, 0.5) is 5.82 Å². The van der Waals surface area contributed by atoms with Gasteiger partial charge in [-0.05, 0) is 18.4 Å². The third-order valence-electron chi connectivity index (χ3n) is 3.27. The molecule has 0 aliphatic heterocycles. The van der Waals surface area contributed by atoms with Gasteiger partial charge in [0.05, 0.1) is 0 Å². The molecule has 0 bridgehead atoms. The lowest BCUT2D eigenvalue weighted by Gasteiger charge is -2.07. The summed E-state index contributed by atoms with van der Waals surface area (Å²) in [5, 5.41) is 6.02. The summed E-state index contributed by atoms with van der Waals surface area (Å²) in [4.78, 5) is 20.1. The van der Waals surface area contributed by atoms with Crippen LogP contribution in [0.25, 0.3) is 0 Å². The standard InChI is InChI=1S/C17H22N4O2/c1-23-11-5-9-19-17(22)15-12-16(21-13-20-15)18-10-8-14-6-3-2-4-7-14/h2-4,6-7,12-13H,5,8-11H2,1H3,(H,19,22)(H,18,20,21). The van der Waals surface area contributed by atoms with Gasteiger partial charge in [-0.2, -0.15) is 0 Å². The smallest absolute Gasteiger partial charge is 0.270 e. The minimum absolute atomic E-state index is 0.199. The van der Waals surface area contributed by atoms with Crippen LogP contribution in [0.15, 0.2) is 42.7 Å². The van der Waals surface area contributed by atoms with Gasteiger partial charge in [-0.15, -0.1) is 0 Å². The quantitative estimate of drug-likeness (QED) is 0.691. The van der Waals surface area contributed by atoms with Gasteiger partial charge in [-0.25, -0.2) is 9.97 Å². The van der Waals surface area contributed by atoms with Gasteiger partial charge < -0.3 is 15.4 Å². The molecule has 0 saturated heterocycles. The molecule has 6 nitrogen and oxygen atoms in total. The van der Waals surface area contributed by atoms with Crippen LogP contribution in [0.5, 0.6) is 0 Å². The number of hydrogen-bond donors (Lipinski definition) is 2. The van der Waals surface area contributed by atoms with Crippen LogP contribution in [0, 0.1) is 0 Å². The summed E-state index contributed by atoms with van der Waals surface area (Å²) in [6.07, 6.45) is 3.06. The van der Waals surface area contributed by atoms with Crippen LogP contribution in [0.2, 0.25) is 0 Å². The van der Waals surface area contributed by atoms with E-state index < -0.39 is 0 Å². The molecule has 1 heterocycles. The highest BCUT2D eigenvalue weighted by Crippen LogP contribution is 2.05. The molecule has 2 rings (SSSR count). The number of methoxy groups -OCH3 is 1. The van der Waals surface area contributed by atoms with Crippen molar-refractivity contribution in [1.29, 1.82) is 0 Å². The largest absolute Gasteiger partial charge is 0.385 e. The summed E-state index contributed by atoms with van der Waals surface area (Å²) < 4.78 is 4.94. The molecule has 6 heteroatoms. The van der Waals surface area contributed by atoms with Crippen LogP contribution in [0.3, 0.4) is 0 Å². The normalized spacial score (nSPS) is 10.3. The predicted molar refractivity (Wildman–Crippen MR) is 89.5 cm³/mol. The van der Waals surface area contributed by atoms with Gasteiger partial charge in [0.15, 0.2) is 0 Å². The summed E-state index contributed by atoms with van der Waals surface area (Å²) in [7, 11) is 1.64. The number of nitrogens with one attached hydrogen (secondary N) is 2. The molecule has 1 amide bonds. The van der Waals surface area contributed by atoms with E-state index in [1.54, 1.807) is 13.2 Å². The van der Waals surface area contributed by atoms with Crippen molar-refractivity contribution < 1.29 is 9.53 Å². The van der Waals surface area contributed by atoms with Gasteiger partial charge in [0.25, 0.3) is 5.91 Å². The first-order valence-electron chi connectivity index (χ1n) is 7.66. The van der Waals surface area contributed by atoms with E-state index in [4.69, 9.17) is 4.74 Å². The Morgan fingerprint density at radius 1 is 1.17 bits per heavy atom. The average Bonchev–Trinajstić information content (AvgIpc) is 2.60. The molecule has 0 radical (unpaired) electrons. The molecule has 1 aromatic heterocycles. The molecule has 0 spiro atoms. The number of aromatic nitrogens is 2. The van der Waals surface area contributed by atoms with E-state index in [2.05, 4.69) is 32.7 Å². The summed E-state index contributed by atoms with van der Waals surface area (Å²) in [6, 6.07) is 11.9. The Kier molecular flexibility index (Phi) is 7.00. The minimum Gasteiger partial charge on any atom is -0.385 e. The maximum Gasteiger partial charge on any atom is 0.270 e. The summed E-state index contributed by atoms with van der Waals surface area (Å²) in [5.74, 6) is 0.451. The molecule has 0 atom stereocenters. The minimum atomic E-state index is -0.199. The van der Waals surface area contributed by atoms with Crippen LogP contribution >= 0.6 is 0 Å². The monoisotopic (exact) mass is 314 g/mol. The van der Waals surface area contributed by atoms with Crippen molar-refractivity contribution in [1.82, 2.24) is 15.3 Å². The van der Waals surface area contributed by atoms with Crippen LogP contribution in [-0.4, -0.2) is 42.7 Å². The van der Waals surface area contributed by atoms with Gasteiger partial charge >= 0.3 is 0 Å². The lowest BCUT2D eigenvalue weighted by molar-refractivity contribution is 0.0943. The van der Waals surface area contributed by atoms with E-state index in [9.17, 15) is 4.79 Å². The van der Waals surface area contributed by atoms with E-state index in [1.165, 1.54) is 11.9 Å². The number of nitrogens with zero attached hydrogens (tertiary/aromatic N) is 2. The van der Waals surface area contributed by atoms with Crippen molar-refractivity contribution in [3.05, 3.63) is 54.0 Å². The molecule has 0 aliphatic rings. The molecule has 1 aromatic carbocycles. The molecule has 2 aromatic rings. The second-order valence-corrected chi connectivity index (χ2v) is 5.05. The predicted octanol–water partition coefficient (Wildman–Crippen LogP) is 1.90. The zero-order valence-corrected chi connectivity index (χ0v) is 13.3. The Hall–Kier alpha value is -2.47. The second kappa shape index (κ2) is 9.53. The molecule has 0 aliphatic carbocycles. The first kappa shape index (κ1) is 16.9. The second-order valence-electron chi connectivity index (χ2n) is 5.05. The fourth-order valence-electron chi connectivity index (χ4n) is 2.07. The molecule has 0 fully saturated rings. The number of amides is 1. The third kappa shape index (κ3) is 6.04. The average molecular weight is 314 g/mol. The Morgan fingerprint density at radius 3 is 2.78 bits per heavy atom. The summed E-state index contributed by atoms with van der Waals surface area (Å²) >= 11 is 0. The van der Waals surface area contributed by atoms with Crippen molar-refractivity contribution in [2.75, 3.05) is 32.1 Å². The highest BCUT2D eigenvalue weighted by atomic mass is 16.5. The zero-order valence-electron chi connectivity index (χ0n) is 13.3. The Labute approximate surface area is 136 Å². The molecule has 0 unspecified atom stereocenters. The number of rotatable bonds is 9. The zero-order chi connectivity index (χ0) is 16.3. The van der Waals surface area contributed by atoms with Gasteiger partial charge in [0.2, 0.25) is 0 Å². The topological polar surface area (TPSA) is 76.1 Å². The number of carbonyl (C=O) groups is 1. The van der Waals surface area contributed by atoms with Gasteiger partial charge in [0.1, 0.15) is 17.8 Å². The highest BCUT2D eigenvalue weighted by molar-refractivity contribution is 5.92. The Balaban J connectivity index is 1.80.